The number of carbonyl (C=O) groups is 3. The lowest BCUT2D eigenvalue weighted by Gasteiger charge is -2.42. The molecule has 0 unspecified atom stereocenters. The van der Waals surface area contributed by atoms with Gasteiger partial charge in [0.15, 0.2) is 0 Å². The summed E-state index contributed by atoms with van der Waals surface area (Å²) in [4.78, 5) is 40.3. The first-order chi connectivity index (χ1) is 19.5. The van der Waals surface area contributed by atoms with Crippen LogP contribution < -0.4 is 20.7 Å². The van der Waals surface area contributed by atoms with Gasteiger partial charge in [0.1, 0.15) is 18.5 Å². The molecule has 2 aliphatic heterocycles. The van der Waals surface area contributed by atoms with Crippen LogP contribution in [0.3, 0.4) is 0 Å². The zero-order chi connectivity index (χ0) is 27.9. The summed E-state index contributed by atoms with van der Waals surface area (Å²) in [7, 11) is 1.78. The highest BCUT2D eigenvalue weighted by molar-refractivity contribution is 5.99. The maximum absolute atomic E-state index is 13.5. The molecule has 2 aromatic rings. The number of fused-ring (bicyclic) bond motifs is 2. The molecule has 0 aromatic heterocycles. The molecule has 3 N–H and O–H groups in total. The third-order valence-electron chi connectivity index (χ3n) is 8.29. The number of nitrogens with zero attached hydrogens (tertiary/aromatic N) is 1. The van der Waals surface area contributed by atoms with Crippen LogP contribution in [-0.4, -0.2) is 61.2 Å². The van der Waals surface area contributed by atoms with E-state index in [-0.39, 0.29) is 42.7 Å². The van der Waals surface area contributed by atoms with E-state index in [2.05, 4.69) is 16.0 Å². The molecule has 1 saturated heterocycles. The summed E-state index contributed by atoms with van der Waals surface area (Å²) in [5.74, 6) is 0.877. The average molecular weight is 549 g/mol. The first kappa shape index (κ1) is 28.0. The number of carbonyl (C=O) groups excluding carboxylic acids is 3. The third-order valence-corrected chi connectivity index (χ3v) is 8.29. The van der Waals surface area contributed by atoms with Gasteiger partial charge in [-0.1, -0.05) is 49.6 Å². The molecule has 214 valence electrons. The number of amides is 4. The molecule has 2 fully saturated rings. The minimum atomic E-state index is -0.356. The van der Waals surface area contributed by atoms with Gasteiger partial charge in [0, 0.05) is 25.8 Å². The first-order valence-electron chi connectivity index (χ1n) is 14.5. The van der Waals surface area contributed by atoms with Crippen molar-refractivity contribution >= 4 is 23.5 Å². The number of ether oxygens (including phenoxy) is 2. The van der Waals surface area contributed by atoms with Crippen molar-refractivity contribution in [1.82, 2.24) is 15.5 Å². The molecule has 3 aliphatic rings. The lowest BCUT2D eigenvalue weighted by molar-refractivity contribution is -0.134. The summed E-state index contributed by atoms with van der Waals surface area (Å²) in [6.45, 7) is 1.43. The average Bonchev–Trinajstić information content (AvgIpc) is 2.98. The molecule has 0 bridgehead atoms. The van der Waals surface area contributed by atoms with E-state index in [0.29, 0.717) is 42.3 Å². The summed E-state index contributed by atoms with van der Waals surface area (Å²) >= 11 is 0. The van der Waals surface area contributed by atoms with Crippen LogP contribution in [-0.2, 0) is 16.1 Å². The molecule has 3 atom stereocenters. The van der Waals surface area contributed by atoms with Crippen LogP contribution in [0.2, 0.25) is 0 Å². The second kappa shape index (κ2) is 13.2. The van der Waals surface area contributed by atoms with E-state index in [1.807, 2.05) is 30.3 Å². The van der Waals surface area contributed by atoms with E-state index < -0.39 is 0 Å². The monoisotopic (exact) mass is 548 g/mol. The number of likely N-dealkylation sites (N-methyl/N-ethyl adjacent to an activating group) is 1. The SMILES string of the molecule is CN1C(=O)c2cc(NC(=O)NCc3ccccc3)ccc2OC[C@@H]2O[C@H](CC(=O)NCC3CCCCC3)CC[C@H]21. The van der Waals surface area contributed by atoms with Gasteiger partial charge in [0.05, 0.1) is 24.1 Å². The molecule has 40 heavy (non-hydrogen) atoms. The fourth-order valence-corrected chi connectivity index (χ4v) is 5.99. The van der Waals surface area contributed by atoms with Gasteiger partial charge in [-0.3, -0.25) is 9.59 Å². The van der Waals surface area contributed by atoms with Crippen molar-refractivity contribution in [3.63, 3.8) is 0 Å². The Hall–Kier alpha value is -3.59. The summed E-state index contributed by atoms with van der Waals surface area (Å²) < 4.78 is 12.4. The first-order valence-corrected chi connectivity index (χ1v) is 14.5. The van der Waals surface area contributed by atoms with Crippen LogP contribution >= 0.6 is 0 Å². The van der Waals surface area contributed by atoms with Crippen molar-refractivity contribution in [2.24, 2.45) is 5.92 Å². The number of urea groups is 1. The van der Waals surface area contributed by atoms with Crippen molar-refractivity contribution in [2.75, 3.05) is 25.5 Å². The van der Waals surface area contributed by atoms with Crippen LogP contribution in [0.4, 0.5) is 10.5 Å². The third kappa shape index (κ3) is 7.13. The van der Waals surface area contributed by atoms with E-state index in [1.165, 1.54) is 32.1 Å². The minimum Gasteiger partial charge on any atom is -0.490 e. The summed E-state index contributed by atoms with van der Waals surface area (Å²) in [5, 5.41) is 8.74. The minimum absolute atomic E-state index is 0.0309. The smallest absolute Gasteiger partial charge is 0.319 e. The lowest BCUT2D eigenvalue weighted by Crippen LogP contribution is -2.54. The Bertz CT molecular complexity index is 1180. The number of hydrogen-bond acceptors (Lipinski definition) is 5. The number of nitrogens with one attached hydrogen (secondary N) is 3. The lowest BCUT2D eigenvalue weighted by atomic mass is 9.89. The topological polar surface area (TPSA) is 109 Å². The molecule has 5 rings (SSSR count). The van der Waals surface area contributed by atoms with Gasteiger partial charge in [-0.25, -0.2) is 4.79 Å². The van der Waals surface area contributed by atoms with Crippen molar-refractivity contribution in [3.8, 4) is 5.75 Å². The van der Waals surface area contributed by atoms with Crippen molar-refractivity contribution in [1.29, 1.82) is 0 Å². The Morgan fingerprint density at radius 1 is 0.975 bits per heavy atom. The normalized spacial score (nSPS) is 23.1. The van der Waals surface area contributed by atoms with Gasteiger partial charge >= 0.3 is 6.03 Å². The molecule has 9 heteroatoms. The van der Waals surface area contributed by atoms with E-state index in [1.54, 1.807) is 30.1 Å². The van der Waals surface area contributed by atoms with Gasteiger partial charge in [-0.2, -0.15) is 0 Å². The quantitative estimate of drug-likeness (QED) is 0.473. The molecule has 0 spiro atoms. The Labute approximate surface area is 236 Å². The molecule has 9 nitrogen and oxygen atoms in total. The molecule has 1 saturated carbocycles. The maximum atomic E-state index is 13.5. The van der Waals surface area contributed by atoms with Crippen LogP contribution in [0, 0.1) is 5.92 Å². The highest BCUT2D eigenvalue weighted by Gasteiger charge is 2.39. The van der Waals surface area contributed by atoms with Crippen molar-refractivity contribution < 1.29 is 23.9 Å². The van der Waals surface area contributed by atoms with E-state index in [9.17, 15) is 14.4 Å². The molecule has 0 radical (unpaired) electrons. The molecule has 2 heterocycles. The molecular formula is C31H40N4O5. The number of rotatable bonds is 7. The molecule has 4 amide bonds. The second-order valence-electron chi connectivity index (χ2n) is 11.2. The fourth-order valence-electron chi connectivity index (χ4n) is 5.99. The van der Waals surface area contributed by atoms with Crippen molar-refractivity contribution in [2.45, 2.75) is 76.2 Å². The number of anilines is 1. The van der Waals surface area contributed by atoms with Crippen molar-refractivity contribution in [3.05, 3.63) is 59.7 Å². The Balaban J connectivity index is 1.16. The van der Waals surface area contributed by atoms with Gasteiger partial charge < -0.3 is 30.3 Å². The molecular weight excluding hydrogens is 508 g/mol. The Morgan fingerprint density at radius 3 is 2.58 bits per heavy atom. The predicted octanol–water partition coefficient (Wildman–Crippen LogP) is 4.48. The highest BCUT2D eigenvalue weighted by Crippen LogP contribution is 2.32. The summed E-state index contributed by atoms with van der Waals surface area (Å²) in [5.41, 5.74) is 1.89. The summed E-state index contributed by atoms with van der Waals surface area (Å²) in [6, 6.07) is 14.2. The standard InChI is InChI=1S/C31H40N4O5/c1-35-26-14-13-24(17-29(36)32-18-21-8-4-2-5-9-21)40-28(26)20-39-27-15-12-23(16-25(27)30(35)37)34-31(38)33-19-22-10-6-3-7-11-22/h3,6-7,10-12,15-16,21,24,26,28H,2,4-5,8-9,13-14,17-20H2,1H3,(H,32,36)(H2,33,34,38)/t24-,26+,28-/m0/s1. The van der Waals surface area contributed by atoms with Gasteiger partial charge in [0.25, 0.3) is 5.91 Å². The van der Waals surface area contributed by atoms with Crippen LogP contribution in [0.15, 0.2) is 48.5 Å². The predicted molar refractivity (Wildman–Crippen MR) is 152 cm³/mol. The van der Waals surface area contributed by atoms with Gasteiger partial charge in [-0.05, 0) is 55.4 Å². The number of benzene rings is 2. The Kier molecular flexibility index (Phi) is 9.21. The second-order valence-corrected chi connectivity index (χ2v) is 11.2. The van der Waals surface area contributed by atoms with Gasteiger partial charge in [-0.15, -0.1) is 0 Å². The van der Waals surface area contributed by atoms with Gasteiger partial charge in [0.2, 0.25) is 5.91 Å². The van der Waals surface area contributed by atoms with Crippen LogP contribution in [0.5, 0.6) is 5.75 Å². The Morgan fingerprint density at radius 2 is 1.77 bits per heavy atom. The highest BCUT2D eigenvalue weighted by atomic mass is 16.5. The largest absolute Gasteiger partial charge is 0.490 e. The fraction of sp³-hybridized carbons (Fsp3) is 0.516. The van der Waals surface area contributed by atoms with Crippen LogP contribution in [0.1, 0.15) is 67.3 Å². The summed E-state index contributed by atoms with van der Waals surface area (Å²) in [6.07, 6.45) is 7.44. The number of hydrogen-bond donors (Lipinski definition) is 3. The molecule has 2 aromatic carbocycles. The molecule has 1 aliphatic carbocycles. The van der Waals surface area contributed by atoms with E-state index in [4.69, 9.17) is 9.47 Å². The van der Waals surface area contributed by atoms with E-state index in [0.717, 1.165) is 18.5 Å². The van der Waals surface area contributed by atoms with Crippen LogP contribution in [0.25, 0.3) is 0 Å². The zero-order valence-corrected chi connectivity index (χ0v) is 23.2. The maximum Gasteiger partial charge on any atom is 0.319 e. The zero-order valence-electron chi connectivity index (χ0n) is 23.2. The van der Waals surface area contributed by atoms with E-state index >= 15 is 0 Å².